The van der Waals surface area contributed by atoms with E-state index in [2.05, 4.69) is 35.0 Å². The van der Waals surface area contributed by atoms with E-state index in [9.17, 15) is 4.39 Å². The number of hydrogen-bond acceptors (Lipinski definition) is 0. The Morgan fingerprint density at radius 1 is 1.22 bits per heavy atom. The van der Waals surface area contributed by atoms with E-state index in [1.54, 1.807) is 12.1 Å². The molecular formula is C15H13BrClF. The third-order valence-corrected chi connectivity index (χ3v) is 3.98. The summed E-state index contributed by atoms with van der Waals surface area (Å²) in [6.07, 6.45) is 0.742. The van der Waals surface area contributed by atoms with Gasteiger partial charge >= 0.3 is 0 Å². The van der Waals surface area contributed by atoms with Crippen LogP contribution < -0.4 is 0 Å². The molecule has 0 amide bonds. The lowest BCUT2D eigenvalue weighted by Crippen LogP contribution is -1.98. The van der Waals surface area contributed by atoms with E-state index in [4.69, 9.17) is 11.6 Å². The van der Waals surface area contributed by atoms with Gasteiger partial charge in [0, 0.05) is 0 Å². The molecule has 0 aromatic heterocycles. The maximum atomic E-state index is 13.2. The van der Waals surface area contributed by atoms with E-state index in [0.29, 0.717) is 4.47 Å². The van der Waals surface area contributed by atoms with Crippen LogP contribution in [0, 0.1) is 12.7 Å². The Bertz CT molecular complexity index is 554. The molecule has 0 aliphatic heterocycles. The quantitative estimate of drug-likeness (QED) is 0.660. The fraction of sp³-hybridized carbons (Fsp3) is 0.200. The summed E-state index contributed by atoms with van der Waals surface area (Å²) in [6.45, 7) is 2.07. The highest BCUT2D eigenvalue weighted by molar-refractivity contribution is 9.10. The summed E-state index contributed by atoms with van der Waals surface area (Å²) in [5, 5.41) is -0.150. The molecule has 0 aliphatic rings. The second-order valence-electron chi connectivity index (χ2n) is 4.27. The van der Waals surface area contributed by atoms with E-state index in [1.807, 2.05) is 12.1 Å². The number of alkyl halides is 1. The van der Waals surface area contributed by atoms with Gasteiger partial charge in [0.15, 0.2) is 0 Å². The SMILES string of the molecule is Cc1ccccc1CC(Cl)c1ccc(F)c(Br)c1. The van der Waals surface area contributed by atoms with Crippen molar-refractivity contribution >= 4 is 27.5 Å². The molecule has 0 spiro atoms. The molecule has 0 nitrogen and oxygen atoms in total. The standard InChI is InChI=1S/C15H13BrClF/c1-10-4-2-3-5-11(10)9-14(17)12-6-7-15(18)13(16)8-12/h2-8,14H,9H2,1H3. The fourth-order valence-electron chi connectivity index (χ4n) is 1.86. The van der Waals surface area contributed by atoms with Crippen LogP contribution in [-0.2, 0) is 6.42 Å². The highest BCUT2D eigenvalue weighted by Gasteiger charge is 2.12. The predicted molar refractivity (Wildman–Crippen MR) is 77.6 cm³/mol. The average Bonchev–Trinajstić information content (AvgIpc) is 2.35. The Morgan fingerprint density at radius 3 is 2.61 bits per heavy atom. The molecule has 0 fully saturated rings. The number of benzene rings is 2. The number of aryl methyl sites for hydroxylation is 1. The molecular weight excluding hydrogens is 315 g/mol. The minimum Gasteiger partial charge on any atom is -0.206 e. The van der Waals surface area contributed by atoms with Gasteiger partial charge in [-0.1, -0.05) is 30.3 Å². The summed E-state index contributed by atoms with van der Waals surface area (Å²) in [7, 11) is 0. The lowest BCUT2D eigenvalue weighted by molar-refractivity contribution is 0.620. The van der Waals surface area contributed by atoms with Crippen LogP contribution in [-0.4, -0.2) is 0 Å². The van der Waals surface area contributed by atoms with Gasteiger partial charge in [-0.15, -0.1) is 11.6 Å². The van der Waals surface area contributed by atoms with Crippen molar-refractivity contribution in [3.05, 3.63) is 69.4 Å². The van der Waals surface area contributed by atoms with Gasteiger partial charge < -0.3 is 0 Å². The molecule has 1 atom stereocenters. The molecule has 1 unspecified atom stereocenters. The summed E-state index contributed by atoms with van der Waals surface area (Å²) in [5.74, 6) is -0.265. The van der Waals surface area contributed by atoms with Gasteiger partial charge in [0.1, 0.15) is 5.82 Å². The van der Waals surface area contributed by atoms with Crippen LogP contribution in [0.15, 0.2) is 46.9 Å². The van der Waals surface area contributed by atoms with E-state index in [-0.39, 0.29) is 11.2 Å². The van der Waals surface area contributed by atoms with Crippen molar-refractivity contribution in [2.75, 3.05) is 0 Å². The number of rotatable bonds is 3. The first kappa shape index (κ1) is 13.6. The van der Waals surface area contributed by atoms with Gasteiger partial charge in [-0.05, 0) is 58.1 Å². The second kappa shape index (κ2) is 5.85. The highest BCUT2D eigenvalue weighted by Crippen LogP contribution is 2.29. The van der Waals surface area contributed by atoms with Gasteiger partial charge in [0.05, 0.1) is 9.85 Å². The molecule has 0 saturated heterocycles. The molecule has 2 aromatic carbocycles. The van der Waals surface area contributed by atoms with Crippen LogP contribution in [0.25, 0.3) is 0 Å². The van der Waals surface area contributed by atoms with Gasteiger partial charge in [-0.25, -0.2) is 4.39 Å². The van der Waals surface area contributed by atoms with Crippen molar-refractivity contribution in [1.29, 1.82) is 0 Å². The molecule has 18 heavy (non-hydrogen) atoms. The zero-order chi connectivity index (χ0) is 13.1. The van der Waals surface area contributed by atoms with Crippen LogP contribution in [0.3, 0.4) is 0 Å². The fourth-order valence-corrected chi connectivity index (χ4v) is 2.56. The first-order chi connectivity index (χ1) is 8.58. The van der Waals surface area contributed by atoms with Crippen LogP contribution in [0.1, 0.15) is 22.1 Å². The van der Waals surface area contributed by atoms with Crippen LogP contribution in [0.2, 0.25) is 0 Å². The van der Waals surface area contributed by atoms with Crippen molar-refractivity contribution < 1.29 is 4.39 Å². The van der Waals surface area contributed by atoms with Gasteiger partial charge in [0.25, 0.3) is 0 Å². The summed E-state index contributed by atoms with van der Waals surface area (Å²) in [4.78, 5) is 0. The normalized spacial score (nSPS) is 12.4. The molecule has 0 radical (unpaired) electrons. The maximum Gasteiger partial charge on any atom is 0.137 e. The first-order valence-electron chi connectivity index (χ1n) is 5.71. The molecule has 3 heteroatoms. The van der Waals surface area contributed by atoms with Crippen LogP contribution in [0.5, 0.6) is 0 Å². The Balaban J connectivity index is 2.19. The largest absolute Gasteiger partial charge is 0.206 e. The second-order valence-corrected chi connectivity index (χ2v) is 5.65. The van der Waals surface area contributed by atoms with Crippen molar-refractivity contribution in [2.24, 2.45) is 0 Å². The molecule has 2 aromatic rings. The Morgan fingerprint density at radius 2 is 1.94 bits per heavy atom. The smallest absolute Gasteiger partial charge is 0.137 e. The van der Waals surface area contributed by atoms with Crippen molar-refractivity contribution in [3.8, 4) is 0 Å². The number of hydrogen-bond donors (Lipinski definition) is 0. The van der Waals surface area contributed by atoms with E-state index >= 15 is 0 Å². The van der Waals surface area contributed by atoms with Crippen LogP contribution in [0.4, 0.5) is 4.39 Å². The summed E-state index contributed by atoms with van der Waals surface area (Å²) >= 11 is 9.57. The zero-order valence-electron chi connectivity index (χ0n) is 9.96. The Labute approximate surface area is 120 Å². The third kappa shape index (κ3) is 3.12. The molecule has 0 aliphatic carbocycles. The van der Waals surface area contributed by atoms with Crippen molar-refractivity contribution in [2.45, 2.75) is 18.7 Å². The van der Waals surface area contributed by atoms with E-state index < -0.39 is 0 Å². The molecule has 0 saturated carbocycles. The Hall–Kier alpha value is -0.860. The monoisotopic (exact) mass is 326 g/mol. The van der Waals surface area contributed by atoms with Crippen molar-refractivity contribution in [3.63, 3.8) is 0 Å². The molecule has 0 bridgehead atoms. The minimum absolute atomic E-state index is 0.150. The van der Waals surface area contributed by atoms with Gasteiger partial charge in [0.2, 0.25) is 0 Å². The molecule has 2 rings (SSSR count). The van der Waals surface area contributed by atoms with Crippen LogP contribution >= 0.6 is 27.5 Å². The summed E-state index contributed by atoms with van der Waals surface area (Å²) in [6, 6.07) is 13.1. The van der Waals surface area contributed by atoms with Gasteiger partial charge in [-0.3, -0.25) is 0 Å². The Kier molecular flexibility index (Phi) is 4.41. The molecule has 0 N–H and O–H groups in total. The minimum atomic E-state index is -0.265. The maximum absolute atomic E-state index is 13.2. The molecule has 0 heterocycles. The zero-order valence-corrected chi connectivity index (χ0v) is 12.3. The lowest BCUT2D eigenvalue weighted by atomic mass is 10.0. The van der Waals surface area contributed by atoms with Gasteiger partial charge in [-0.2, -0.15) is 0 Å². The highest BCUT2D eigenvalue weighted by atomic mass is 79.9. The third-order valence-electron chi connectivity index (χ3n) is 2.97. The van der Waals surface area contributed by atoms with Crippen molar-refractivity contribution in [1.82, 2.24) is 0 Å². The van der Waals surface area contributed by atoms with E-state index in [1.165, 1.54) is 17.2 Å². The molecule has 94 valence electrons. The lowest BCUT2D eigenvalue weighted by Gasteiger charge is -2.12. The first-order valence-corrected chi connectivity index (χ1v) is 6.94. The average molecular weight is 328 g/mol. The predicted octanol–water partition coefficient (Wildman–Crippen LogP) is 5.42. The summed E-state index contributed by atoms with van der Waals surface area (Å²) in [5.41, 5.74) is 3.37. The van der Waals surface area contributed by atoms with E-state index in [0.717, 1.165) is 12.0 Å². The number of halogens is 3. The summed E-state index contributed by atoms with van der Waals surface area (Å²) < 4.78 is 13.6. The topological polar surface area (TPSA) is 0 Å².